The van der Waals surface area contributed by atoms with Gasteiger partial charge in [0, 0.05) is 17.9 Å². The fraction of sp³-hybridized carbons (Fsp3) is 0.190. The molecule has 0 aliphatic heterocycles. The topological polar surface area (TPSA) is 64.7 Å². The minimum atomic E-state index is -1.36. The minimum absolute atomic E-state index is 0.0352. The van der Waals surface area contributed by atoms with E-state index in [0.29, 0.717) is 11.1 Å². The molecule has 4 heteroatoms. The Kier molecular flexibility index (Phi) is 4.46. The molecule has 2 aromatic carbocycles. The molecule has 0 aromatic heterocycles. The summed E-state index contributed by atoms with van der Waals surface area (Å²) in [6, 6.07) is 19.1. The highest BCUT2D eigenvalue weighted by Gasteiger charge is 2.43. The second kappa shape index (κ2) is 6.71. The molecular weight excluding hydrogens is 315 g/mol. The van der Waals surface area contributed by atoms with Crippen LogP contribution in [0.2, 0.25) is 0 Å². The molecule has 0 amide bonds. The molecule has 3 nitrogen and oxygen atoms in total. The van der Waals surface area contributed by atoms with Gasteiger partial charge >= 0.3 is 0 Å². The zero-order valence-electron chi connectivity index (χ0n) is 13.4. The summed E-state index contributed by atoms with van der Waals surface area (Å²) in [5, 5.41) is 19.4. The summed E-state index contributed by atoms with van der Waals surface area (Å²) < 4.78 is 13.2. The van der Waals surface area contributed by atoms with Gasteiger partial charge in [0.2, 0.25) is 0 Å². The molecule has 0 spiro atoms. The van der Waals surface area contributed by atoms with Gasteiger partial charge in [0.05, 0.1) is 12.1 Å². The summed E-state index contributed by atoms with van der Waals surface area (Å²) in [5.41, 5.74) is 0.571. The summed E-state index contributed by atoms with van der Waals surface area (Å²) in [5.74, 6) is -1.12. The van der Waals surface area contributed by atoms with Crippen LogP contribution in [0.3, 0.4) is 0 Å². The number of ketones is 1. The lowest BCUT2D eigenvalue weighted by molar-refractivity contribution is -0.114. The van der Waals surface area contributed by atoms with Crippen molar-refractivity contribution in [1.29, 1.82) is 10.5 Å². The normalized spacial score (nSPS) is 19.2. The fourth-order valence-electron chi connectivity index (χ4n) is 3.25. The van der Waals surface area contributed by atoms with E-state index in [1.54, 1.807) is 18.2 Å². The van der Waals surface area contributed by atoms with E-state index < -0.39 is 17.2 Å². The molecule has 1 aliphatic rings. The SMILES string of the molecule is N#CC1(C#N)CC=C(c2ccccc2)C(=O)C[C@H]1c1ccc(F)cc1. The highest BCUT2D eigenvalue weighted by atomic mass is 19.1. The summed E-state index contributed by atoms with van der Waals surface area (Å²) in [6.45, 7) is 0. The molecule has 0 unspecified atom stereocenters. The van der Waals surface area contributed by atoms with Crippen molar-refractivity contribution < 1.29 is 9.18 Å². The molecule has 0 bridgehead atoms. The molecule has 25 heavy (non-hydrogen) atoms. The first-order chi connectivity index (χ1) is 12.1. The van der Waals surface area contributed by atoms with Gasteiger partial charge in [0.25, 0.3) is 0 Å². The first-order valence-corrected chi connectivity index (χ1v) is 7.96. The number of nitriles is 2. The van der Waals surface area contributed by atoms with Gasteiger partial charge in [0.15, 0.2) is 11.2 Å². The largest absolute Gasteiger partial charge is 0.294 e. The maximum Gasteiger partial charge on any atom is 0.163 e. The number of benzene rings is 2. The Labute approximate surface area is 145 Å². The molecule has 0 N–H and O–H groups in total. The molecule has 2 aromatic rings. The van der Waals surface area contributed by atoms with Gasteiger partial charge in [-0.25, -0.2) is 4.39 Å². The Morgan fingerprint density at radius 3 is 2.24 bits per heavy atom. The van der Waals surface area contributed by atoms with Crippen LogP contribution in [0.1, 0.15) is 29.9 Å². The molecule has 0 saturated heterocycles. The highest BCUT2D eigenvalue weighted by Crippen LogP contribution is 2.45. The predicted molar refractivity (Wildman–Crippen MR) is 91.5 cm³/mol. The third-order valence-corrected chi connectivity index (χ3v) is 4.67. The predicted octanol–water partition coefficient (Wildman–Crippen LogP) is 4.39. The summed E-state index contributed by atoms with van der Waals surface area (Å²) in [4.78, 5) is 12.8. The number of carbonyl (C=O) groups is 1. The molecule has 0 saturated carbocycles. The second-order valence-corrected chi connectivity index (χ2v) is 6.11. The van der Waals surface area contributed by atoms with Crippen molar-refractivity contribution in [2.45, 2.75) is 18.8 Å². The van der Waals surface area contributed by atoms with Crippen LogP contribution >= 0.6 is 0 Å². The average molecular weight is 330 g/mol. The summed E-state index contributed by atoms with van der Waals surface area (Å²) in [6.07, 6.45) is 1.87. The molecule has 1 atom stereocenters. The fourth-order valence-corrected chi connectivity index (χ4v) is 3.25. The van der Waals surface area contributed by atoms with Gasteiger partial charge in [-0.1, -0.05) is 48.5 Å². The highest BCUT2D eigenvalue weighted by molar-refractivity contribution is 6.21. The van der Waals surface area contributed by atoms with E-state index in [1.165, 1.54) is 12.1 Å². The first-order valence-electron chi connectivity index (χ1n) is 7.96. The van der Waals surface area contributed by atoms with Crippen LogP contribution in [0.15, 0.2) is 60.7 Å². The van der Waals surface area contributed by atoms with Gasteiger partial charge in [-0.2, -0.15) is 10.5 Å². The van der Waals surface area contributed by atoms with Crippen molar-refractivity contribution in [2.75, 3.05) is 0 Å². The van der Waals surface area contributed by atoms with Crippen molar-refractivity contribution in [3.8, 4) is 12.1 Å². The Morgan fingerprint density at radius 2 is 1.64 bits per heavy atom. The Bertz CT molecular complexity index is 888. The maximum atomic E-state index is 13.2. The van der Waals surface area contributed by atoms with E-state index in [2.05, 4.69) is 12.1 Å². The van der Waals surface area contributed by atoms with Crippen molar-refractivity contribution in [1.82, 2.24) is 0 Å². The maximum absolute atomic E-state index is 13.2. The number of carbonyl (C=O) groups excluding carboxylic acids is 1. The monoisotopic (exact) mass is 330 g/mol. The van der Waals surface area contributed by atoms with Crippen molar-refractivity contribution in [2.24, 2.45) is 5.41 Å². The number of Topliss-reactive ketones (excluding diaryl/α,β-unsaturated/α-hetero) is 1. The molecule has 0 fully saturated rings. The van der Waals surface area contributed by atoms with Gasteiger partial charge in [-0.05, 0) is 29.7 Å². The molecule has 0 radical (unpaired) electrons. The van der Waals surface area contributed by atoms with Crippen LogP contribution in [0.4, 0.5) is 4.39 Å². The molecule has 122 valence electrons. The van der Waals surface area contributed by atoms with Gasteiger partial charge in [-0.3, -0.25) is 4.79 Å². The van der Waals surface area contributed by atoms with Gasteiger partial charge in [-0.15, -0.1) is 0 Å². The third kappa shape index (κ3) is 3.07. The lowest BCUT2D eigenvalue weighted by atomic mass is 9.71. The van der Waals surface area contributed by atoms with Crippen LogP contribution < -0.4 is 0 Å². The van der Waals surface area contributed by atoms with E-state index in [1.807, 2.05) is 30.3 Å². The third-order valence-electron chi connectivity index (χ3n) is 4.67. The number of halogens is 1. The smallest absolute Gasteiger partial charge is 0.163 e. The minimum Gasteiger partial charge on any atom is -0.294 e. The van der Waals surface area contributed by atoms with Crippen LogP contribution in [0.25, 0.3) is 5.57 Å². The van der Waals surface area contributed by atoms with Crippen molar-refractivity contribution in [3.63, 3.8) is 0 Å². The summed E-state index contributed by atoms with van der Waals surface area (Å²) in [7, 11) is 0. The van der Waals surface area contributed by atoms with E-state index in [0.717, 1.165) is 5.56 Å². The zero-order valence-corrected chi connectivity index (χ0v) is 13.4. The number of nitrogens with zero attached hydrogens (tertiary/aromatic N) is 2. The molecule has 1 aliphatic carbocycles. The number of hydrogen-bond acceptors (Lipinski definition) is 3. The lowest BCUT2D eigenvalue weighted by Crippen LogP contribution is -2.26. The van der Waals surface area contributed by atoms with Crippen molar-refractivity contribution in [3.05, 3.63) is 77.6 Å². The Balaban J connectivity index is 2.07. The molecule has 3 rings (SSSR count). The van der Waals surface area contributed by atoms with Crippen LogP contribution in [-0.4, -0.2) is 5.78 Å². The van der Waals surface area contributed by atoms with Gasteiger partial charge < -0.3 is 0 Å². The van der Waals surface area contributed by atoms with E-state index in [9.17, 15) is 19.7 Å². The molecule has 0 heterocycles. The Morgan fingerprint density at radius 1 is 1.00 bits per heavy atom. The van der Waals surface area contributed by atoms with E-state index in [-0.39, 0.29) is 18.6 Å². The lowest BCUT2D eigenvalue weighted by Gasteiger charge is -2.26. The average Bonchev–Trinajstić information content (AvgIpc) is 2.80. The number of allylic oxidation sites excluding steroid dienone is 2. The first kappa shape index (κ1) is 16.6. The van der Waals surface area contributed by atoms with Gasteiger partial charge in [0.1, 0.15) is 5.82 Å². The molecular formula is C21H15FN2O. The quantitative estimate of drug-likeness (QED) is 0.820. The van der Waals surface area contributed by atoms with Crippen LogP contribution in [0, 0.1) is 33.9 Å². The van der Waals surface area contributed by atoms with E-state index >= 15 is 0 Å². The standard InChI is InChI=1S/C21H15FN2O/c22-17-8-6-16(7-9-17)19-12-20(25)18(15-4-2-1-3-5-15)10-11-21(19,13-23)14-24/h1-10,19H,11-12H2/t19-/m0/s1. The van der Waals surface area contributed by atoms with Crippen LogP contribution in [0.5, 0.6) is 0 Å². The second-order valence-electron chi connectivity index (χ2n) is 6.11. The van der Waals surface area contributed by atoms with E-state index in [4.69, 9.17) is 0 Å². The summed E-state index contributed by atoms with van der Waals surface area (Å²) >= 11 is 0. The zero-order chi connectivity index (χ0) is 17.9. The van der Waals surface area contributed by atoms with Crippen LogP contribution in [-0.2, 0) is 4.79 Å². The number of hydrogen-bond donors (Lipinski definition) is 0. The van der Waals surface area contributed by atoms with Crippen molar-refractivity contribution >= 4 is 11.4 Å². The number of rotatable bonds is 2. The Hall–Kier alpha value is -3.24.